The average Bonchev–Trinajstić information content (AvgIpc) is 2.65. The van der Waals surface area contributed by atoms with Gasteiger partial charge in [-0.15, -0.1) is 0 Å². The number of rotatable bonds is 6. The molecule has 1 unspecified atom stereocenters. The van der Waals surface area contributed by atoms with Gasteiger partial charge in [0.2, 0.25) is 5.91 Å². The highest BCUT2D eigenvalue weighted by molar-refractivity contribution is 6.06. The van der Waals surface area contributed by atoms with Crippen LogP contribution in [0.3, 0.4) is 0 Å². The van der Waals surface area contributed by atoms with Gasteiger partial charge in [0, 0.05) is 0 Å². The number of aliphatic carboxylic acids is 1. The van der Waals surface area contributed by atoms with Gasteiger partial charge in [-0.25, -0.2) is 5.48 Å². The maximum Gasteiger partial charge on any atom is 0.323 e. The first-order valence-corrected chi connectivity index (χ1v) is 7.93. The van der Waals surface area contributed by atoms with Crippen LogP contribution in [0, 0.1) is 5.41 Å². The van der Waals surface area contributed by atoms with E-state index in [0.717, 1.165) is 11.1 Å². The Morgan fingerprint density at radius 1 is 1.19 bits per heavy atom. The van der Waals surface area contributed by atoms with Crippen LogP contribution in [0.4, 0.5) is 0 Å². The highest BCUT2D eigenvalue weighted by atomic mass is 16.5. The highest BCUT2D eigenvalue weighted by Crippen LogP contribution is 2.34. The van der Waals surface area contributed by atoms with Crippen molar-refractivity contribution in [1.82, 2.24) is 10.8 Å². The van der Waals surface area contributed by atoms with Crippen LogP contribution in [-0.2, 0) is 14.4 Å². The Kier molecular flexibility index (Phi) is 5.91. The molecule has 138 valence electrons. The molecule has 0 saturated heterocycles. The predicted octanol–water partition coefficient (Wildman–Crippen LogP) is 0.472. The van der Waals surface area contributed by atoms with Crippen molar-refractivity contribution < 1.29 is 29.8 Å². The van der Waals surface area contributed by atoms with Gasteiger partial charge in [-0.3, -0.25) is 19.6 Å². The van der Waals surface area contributed by atoms with Crippen LogP contribution < -0.4 is 10.8 Å². The summed E-state index contributed by atoms with van der Waals surface area (Å²) in [4.78, 5) is 36.0. The molecular formula is C18H20N2O6. The fourth-order valence-corrected chi connectivity index (χ4v) is 2.65. The van der Waals surface area contributed by atoms with E-state index >= 15 is 0 Å². The number of aliphatic hydroxyl groups is 1. The molecule has 0 bridgehead atoms. The van der Waals surface area contributed by atoms with Gasteiger partial charge in [0.05, 0.1) is 6.10 Å². The van der Waals surface area contributed by atoms with Crippen LogP contribution in [-0.4, -0.2) is 45.3 Å². The molecule has 0 fully saturated rings. The molecule has 8 nitrogen and oxygen atoms in total. The third kappa shape index (κ3) is 3.81. The van der Waals surface area contributed by atoms with E-state index in [4.69, 9.17) is 5.21 Å². The molecular weight excluding hydrogens is 340 g/mol. The highest BCUT2D eigenvalue weighted by Gasteiger charge is 2.46. The Bertz CT molecular complexity index is 756. The van der Waals surface area contributed by atoms with E-state index in [1.54, 1.807) is 6.08 Å². The molecule has 0 radical (unpaired) electrons. The first kappa shape index (κ1) is 19.4. The molecule has 8 heteroatoms. The van der Waals surface area contributed by atoms with Crippen molar-refractivity contribution in [3.63, 3.8) is 0 Å². The number of allylic oxidation sites excluding steroid dienone is 3. The van der Waals surface area contributed by atoms with E-state index in [-0.39, 0.29) is 6.42 Å². The zero-order chi connectivity index (χ0) is 19.3. The van der Waals surface area contributed by atoms with Crippen molar-refractivity contribution in [3.8, 4) is 0 Å². The third-order valence-corrected chi connectivity index (χ3v) is 4.25. The summed E-state index contributed by atoms with van der Waals surface area (Å²) in [5.74, 6) is -3.39. The van der Waals surface area contributed by atoms with Crippen LogP contribution in [0.15, 0.2) is 48.6 Å². The zero-order valence-corrected chi connectivity index (χ0v) is 14.0. The van der Waals surface area contributed by atoms with Gasteiger partial charge in [-0.1, -0.05) is 48.6 Å². The lowest BCUT2D eigenvalue weighted by Crippen LogP contribution is -2.57. The van der Waals surface area contributed by atoms with E-state index < -0.39 is 35.3 Å². The summed E-state index contributed by atoms with van der Waals surface area (Å²) >= 11 is 0. The second-order valence-electron chi connectivity index (χ2n) is 6.01. The quantitative estimate of drug-likeness (QED) is 0.284. The van der Waals surface area contributed by atoms with E-state index in [0.29, 0.717) is 0 Å². The standard InChI is InChI=1S/C18H20N2O6/c1-11(21)14(15(22)20-26)19-16(23)18(17(24)25)9-7-13(8-10-18)12-5-3-2-4-6-12/h2-9,11,14,21,26H,10H2,1H3,(H,19,23)(H,20,22)(H,24,25)/t11-,14+,18?/m1/s1. The summed E-state index contributed by atoms with van der Waals surface area (Å²) in [6.07, 6.45) is 2.98. The van der Waals surface area contributed by atoms with Gasteiger partial charge in [0.25, 0.3) is 5.91 Å². The second kappa shape index (κ2) is 7.94. The SMILES string of the molecule is C[C@@H](O)[C@H](NC(=O)C1(C(=O)O)C=CC(c2ccccc2)=CC1)C(=O)NO. The van der Waals surface area contributed by atoms with E-state index in [1.807, 2.05) is 30.3 Å². The number of hydroxylamine groups is 1. The maximum atomic E-state index is 12.6. The van der Waals surface area contributed by atoms with E-state index in [2.05, 4.69) is 5.32 Å². The van der Waals surface area contributed by atoms with Crippen molar-refractivity contribution in [2.24, 2.45) is 5.41 Å². The number of aliphatic hydroxyl groups excluding tert-OH is 1. The zero-order valence-electron chi connectivity index (χ0n) is 14.0. The van der Waals surface area contributed by atoms with E-state index in [9.17, 15) is 24.6 Å². The molecule has 0 saturated carbocycles. The number of benzene rings is 1. The molecule has 2 rings (SSSR count). The molecule has 0 aromatic heterocycles. The summed E-state index contributed by atoms with van der Waals surface area (Å²) < 4.78 is 0. The molecule has 5 N–H and O–H groups in total. The number of amides is 2. The second-order valence-corrected chi connectivity index (χ2v) is 6.01. The first-order valence-electron chi connectivity index (χ1n) is 7.93. The molecule has 1 aromatic rings. The number of hydrogen-bond acceptors (Lipinski definition) is 5. The minimum atomic E-state index is -1.92. The van der Waals surface area contributed by atoms with Crippen LogP contribution in [0.5, 0.6) is 0 Å². The molecule has 2 amide bonds. The monoisotopic (exact) mass is 360 g/mol. The number of hydrogen-bond donors (Lipinski definition) is 5. The van der Waals surface area contributed by atoms with Crippen LogP contribution >= 0.6 is 0 Å². The first-order chi connectivity index (χ1) is 12.3. The molecule has 1 aromatic carbocycles. The fraction of sp³-hybridized carbons (Fsp3) is 0.278. The summed E-state index contributed by atoms with van der Waals surface area (Å²) in [5.41, 5.74) is 1.07. The lowest BCUT2D eigenvalue weighted by atomic mass is 9.78. The molecule has 0 heterocycles. The number of carboxylic acid groups (broad SMARTS) is 1. The maximum absolute atomic E-state index is 12.6. The Labute approximate surface area is 149 Å². The minimum absolute atomic E-state index is 0.123. The van der Waals surface area contributed by atoms with Crippen molar-refractivity contribution in [3.05, 3.63) is 54.1 Å². The van der Waals surface area contributed by atoms with Crippen molar-refractivity contribution in [2.45, 2.75) is 25.5 Å². The fourth-order valence-electron chi connectivity index (χ4n) is 2.65. The third-order valence-electron chi connectivity index (χ3n) is 4.25. The largest absolute Gasteiger partial charge is 0.480 e. The summed E-state index contributed by atoms with van der Waals surface area (Å²) in [5, 5.41) is 30.1. The summed E-state index contributed by atoms with van der Waals surface area (Å²) in [6, 6.07) is 7.77. The predicted molar refractivity (Wildman–Crippen MR) is 91.8 cm³/mol. The number of carbonyl (C=O) groups is 3. The van der Waals surface area contributed by atoms with Gasteiger partial charge in [-0.05, 0) is 24.5 Å². The summed E-state index contributed by atoms with van der Waals surface area (Å²) in [6.45, 7) is 1.23. The van der Waals surface area contributed by atoms with Crippen molar-refractivity contribution in [1.29, 1.82) is 0 Å². The molecule has 26 heavy (non-hydrogen) atoms. The lowest BCUT2D eigenvalue weighted by molar-refractivity contribution is -0.154. The van der Waals surface area contributed by atoms with Gasteiger partial charge >= 0.3 is 5.97 Å². The Hall–Kier alpha value is -2.97. The van der Waals surface area contributed by atoms with Gasteiger partial charge in [-0.2, -0.15) is 0 Å². The molecule has 3 atom stereocenters. The average molecular weight is 360 g/mol. The topological polar surface area (TPSA) is 136 Å². The van der Waals surface area contributed by atoms with Gasteiger partial charge in [0.1, 0.15) is 6.04 Å². The van der Waals surface area contributed by atoms with Crippen LogP contribution in [0.2, 0.25) is 0 Å². The smallest absolute Gasteiger partial charge is 0.323 e. The van der Waals surface area contributed by atoms with E-state index in [1.165, 1.54) is 24.6 Å². The molecule has 0 spiro atoms. The Balaban J connectivity index is 2.25. The van der Waals surface area contributed by atoms with Crippen LogP contribution in [0.1, 0.15) is 18.9 Å². The van der Waals surface area contributed by atoms with Crippen LogP contribution in [0.25, 0.3) is 5.57 Å². The lowest BCUT2D eigenvalue weighted by Gasteiger charge is -2.29. The Morgan fingerprint density at radius 3 is 2.31 bits per heavy atom. The number of carbonyl (C=O) groups excluding carboxylic acids is 2. The Morgan fingerprint density at radius 2 is 1.85 bits per heavy atom. The molecule has 1 aliphatic carbocycles. The number of nitrogens with one attached hydrogen (secondary N) is 2. The van der Waals surface area contributed by atoms with Gasteiger partial charge in [0.15, 0.2) is 5.41 Å². The number of carboxylic acids is 1. The van der Waals surface area contributed by atoms with Gasteiger partial charge < -0.3 is 15.5 Å². The molecule has 0 aliphatic heterocycles. The van der Waals surface area contributed by atoms with Crippen molar-refractivity contribution in [2.75, 3.05) is 0 Å². The van der Waals surface area contributed by atoms with Crippen molar-refractivity contribution >= 4 is 23.4 Å². The minimum Gasteiger partial charge on any atom is -0.480 e. The molecule has 1 aliphatic rings. The normalized spacial score (nSPS) is 21.3. The summed E-state index contributed by atoms with van der Waals surface area (Å²) in [7, 11) is 0.